The van der Waals surface area contributed by atoms with E-state index >= 15 is 0 Å². The Morgan fingerprint density at radius 3 is 2.10 bits per heavy atom. The lowest BCUT2D eigenvalue weighted by atomic mass is 10.0. The zero-order chi connectivity index (χ0) is 21.7. The summed E-state index contributed by atoms with van der Waals surface area (Å²) in [5.74, 6) is -0.0298. The molecule has 0 aromatic carbocycles. The molecule has 8 heteroatoms. The molecule has 1 aromatic rings. The second-order valence-corrected chi connectivity index (χ2v) is 9.54. The van der Waals surface area contributed by atoms with E-state index in [2.05, 4.69) is 10.2 Å². The topological polar surface area (TPSA) is 73.0 Å². The SMILES string of the molecule is CC(C)C(NC(=O)c1cccs1)C(=O)N1CCN(C(C)C(=O)N2CCCCC2)CC1. The van der Waals surface area contributed by atoms with Crippen molar-refractivity contribution in [2.24, 2.45) is 5.92 Å². The van der Waals surface area contributed by atoms with Gasteiger partial charge in [0.1, 0.15) is 6.04 Å². The number of carbonyl (C=O) groups is 3. The second-order valence-electron chi connectivity index (χ2n) is 8.60. The van der Waals surface area contributed by atoms with Crippen LogP contribution in [0, 0.1) is 5.92 Å². The molecule has 3 heterocycles. The van der Waals surface area contributed by atoms with Crippen molar-refractivity contribution in [1.82, 2.24) is 20.0 Å². The summed E-state index contributed by atoms with van der Waals surface area (Å²) in [6, 6.07) is 2.90. The van der Waals surface area contributed by atoms with Crippen LogP contribution in [0.2, 0.25) is 0 Å². The second kappa shape index (κ2) is 10.4. The molecule has 2 fully saturated rings. The summed E-state index contributed by atoms with van der Waals surface area (Å²) in [5, 5.41) is 4.77. The summed E-state index contributed by atoms with van der Waals surface area (Å²) in [7, 11) is 0. The normalized spacial score (nSPS) is 20.1. The highest BCUT2D eigenvalue weighted by Crippen LogP contribution is 2.16. The maximum atomic E-state index is 13.1. The Morgan fingerprint density at radius 1 is 0.900 bits per heavy atom. The van der Waals surface area contributed by atoms with Crippen LogP contribution >= 0.6 is 11.3 Å². The van der Waals surface area contributed by atoms with E-state index in [4.69, 9.17) is 0 Å². The minimum Gasteiger partial charge on any atom is -0.341 e. The lowest BCUT2D eigenvalue weighted by Crippen LogP contribution is -2.59. The van der Waals surface area contributed by atoms with Gasteiger partial charge in [-0.3, -0.25) is 19.3 Å². The molecule has 0 aliphatic carbocycles. The third-order valence-electron chi connectivity index (χ3n) is 6.16. The third-order valence-corrected chi connectivity index (χ3v) is 7.03. The van der Waals surface area contributed by atoms with Gasteiger partial charge in [-0.1, -0.05) is 19.9 Å². The highest BCUT2D eigenvalue weighted by atomic mass is 32.1. The van der Waals surface area contributed by atoms with Gasteiger partial charge in [-0.15, -0.1) is 11.3 Å². The molecule has 1 N–H and O–H groups in total. The molecule has 2 aliphatic rings. The molecule has 3 amide bonds. The zero-order valence-corrected chi connectivity index (χ0v) is 19.1. The summed E-state index contributed by atoms with van der Waals surface area (Å²) in [6.07, 6.45) is 3.39. The fourth-order valence-corrected chi connectivity index (χ4v) is 4.82. The Balaban J connectivity index is 1.54. The highest BCUT2D eigenvalue weighted by Gasteiger charge is 2.34. The van der Waals surface area contributed by atoms with Crippen LogP contribution in [-0.4, -0.2) is 83.8 Å². The van der Waals surface area contributed by atoms with Gasteiger partial charge in [-0.25, -0.2) is 0 Å². The average molecular weight is 435 g/mol. The van der Waals surface area contributed by atoms with Gasteiger partial charge < -0.3 is 15.1 Å². The molecular weight excluding hydrogens is 400 g/mol. The van der Waals surface area contributed by atoms with Crippen LogP contribution in [0.5, 0.6) is 0 Å². The van der Waals surface area contributed by atoms with Crippen LogP contribution in [0.25, 0.3) is 0 Å². The third kappa shape index (κ3) is 5.40. The number of thiophene rings is 1. The molecule has 0 bridgehead atoms. The highest BCUT2D eigenvalue weighted by molar-refractivity contribution is 7.12. The van der Waals surface area contributed by atoms with Crippen molar-refractivity contribution in [3.05, 3.63) is 22.4 Å². The molecule has 2 unspecified atom stereocenters. The van der Waals surface area contributed by atoms with Crippen LogP contribution in [0.4, 0.5) is 0 Å². The van der Waals surface area contributed by atoms with Crippen LogP contribution in [0.3, 0.4) is 0 Å². The quantitative estimate of drug-likeness (QED) is 0.744. The van der Waals surface area contributed by atoms with Crippen LogP contribution in [0.1, 0.15) is 49.7 Å². The first-order chi connectivity index (χ1) is 14.4. The van der Waals surface area contributed by atoms with Gasteiger partial charge in [0.15, 0.2) is 0 Å². The molecule has 30 heavy (non-hydrogen) atoms. The molecule has 166 valence electrons. The number of carbonyl (C=O) groups excluding carboxylic acids is 3. The van der Waals surface area contributed by atoms with Crippen molar-refractivity contribution >= 4 is 29.1 Å². The van der Waals surface area contributed by atoms with E-state index in [1.807, 2.05) is 42.0 Å². The molecule has 0 saturated carbocycles. The summed E-state index contributed by atoms with van der Waals surface area (Å²) in [6.45, 7) is 10.1. The predicted molar refractivity (Wildman–Crippen MR) is 118 cm³/mol. The van der Waals surface area contributed by atoms with Gasteiger partial charge in [-0.05, 0) is 43.6 Å². The first-order valence-electron chi connectivity index (χ1n) is 11.0. The lowest BCUT2D eigenvalue weighted by molar-refractivity contribution is -0.140. The number of rotatable bonds is 6. The molecule has 0 radical (unpaired) electrons. The van der Waals surface area contributed by atoms with Crippen molar-refractivity contribution in [3.8, 4) is 0 Å². The molecule has 0 spiro atoms. The number of amides is 3. The van der Waals surface area contributed by atoms with Gasteiger partial charge >= 0.3 is 0 Å². The van der Waals surface area contributed by atoms with E-state index in [1.54, 1.807) is 6.07 Å². The molecule has 2 saturated heterocycles. The number of nitrogens with zero attached hydrogens (tertiary/aromatic N) is 3. The number of hydrogen-bond donors (Lipinski definition) is 1. The number of piperazine rings is 1. The molecular formula is C22H34N4O3S. The average Bonchev–Trinajstić information content (AvgIpc) is 3.31. The maximum absolute atomic E-state index is 13.1. The Kier molecular flexibility index (Phi) is 7.88. The van der Waals surface area contributed by atoms with Crippen molar-refractivity contribution in [2.45, 2.75) is 52.1 Å². The largest absolute Gasteiger partial charge is 0.341 e. The van der Waals surface area contributed by atoms with E-state index in [0.717, 1.165) is 25.9 Å². The molecule has 2 aliphatic heterocycles. The minimum atomic E-state index is -0.543. The van der Waals surface area contributed by atoms with Crippen molar-refractivity contribution in [1.29, 1.82) is 0 Å². The lowest BCUT2D eigenvalue weighted by Gasteiger charge is -2.40. The minimum absolute atomic E-state index is 0.000885. The van der Waals surface area contributed by atoms with Gasteiger partial charge in [0, 0.05) is 39.3 Å². The fraction of sp³-hybridized carbons (Fsp3) is 0.682. The van der Waals surface area contributed by atoms with E-state index in [9.17, 15) is 14.4 Å². The van der Waals surface area contributed by atoms with Crippen LogP contribution in [-0.2, 0) is 9.59 Å². The van der Waals surface area contributed by atoms with Gasteiger partial charge in [-0.2, -0.15) is 0 Å². The number of hydrogen-bond acceptors (Lipinski definition) is 5. The number of piperidine rings is 1. The van der Waals surface area contributed by atoms with Gasteiger partial charge in [0.05, 0.1) is 10.9 Å². The smallest absolute Gasteiger partial charge is 0.262 e. The Bertz CT molecular complexity index is 723. The maximum Gasteiger partial charge on any atom is 0.262 e. The molecule has 1 aromatic heterocycles. The van der Waals surface area contributed by atoms with Crippen molar-refractivity contribution < 1.29 is 14.4 Å². The van der Waals surface area contributed by atoms with Crippen LogP contribution in [0.15, 0.2) is 17.5 Å². The standard InChI is InChI=1S/C22H34N4O3S/c1-16(2)19(23-20(27)18-8-7-15-30-18)22(29)26-13-11-24(12-14-26)17(3)21(28)25-9-5-4-6-10-25/h7-8,15-17,19H,4-6,9-14H2,1-3H3,(H,23,27). The fourth-order valence-electron chi connectivity index (χ4n) is 4.19. The Morgan fingerprint density at radius 2 is 1.53 bits per heavy atom. The number of likely N-dealkylation sites (tertiary alicyclic amines) is 1. The molecule has 2 atom stereocenters. The van der Waals surface area contributed by atoms with E-state index in [1.165, 1.54) is 17.8 Å². The Hall–Kier alpha value is -1.93. The van der Waals surface area contributed by atoms with Crippen molar-refractivity contribution in [3.63, 3.8) is 0 Å². The summed E-state index contributed by atoms with van der Waals surface area (Å²) in [5.41, 5.74) is 0. The summed E-state index contributed by atoms with van der Waals surface area (Å²) >= 11 is 1.37. The van der Waals surface area contributed by atoms with E-state index in [-0.39, 0.29) is 29.7 Å². The van der Waals surface area contributed by atoms with Gasteiger partial charge in [0.2, 0.25) is 11.8 Å². The number of nitrogens with one attached hydrogen (secondary N) is 1. The van der Waals surface area contributed by atoms with Crippen LogP contribution < -0.4 is 5.32 Å². The monoisotopic (exact) mass is 434 g/mol. The van der Waals surface area contributed by atoms with Crippen molar-refractivity contribution in [2.75, 3.05) is 39.3 Å². The molecule has 7 nitrogen and oxygen atoms in total. The Labute approximate surface area is 183 Å². The first kappa shape index (κ1) is 22.7. The summed E-state index contributed by atoms with van der Waals surface area (Å²) in [4.78, 5) is 45.0. The van der Waals surface area contributed by atoms with Gasteiger partial charge in [0.25, 0.3) is 5.91 Å². The van der Waals surface area contributed by atoms with E-state index < -0.39 is 6.04 Å². The summed E-state index contributed by atoms with van der Waals surface area (Å²) < 4.78 is 0. The van der Waals surface area contributed by atoms with E-state index in [0.29, 0.717) is 31.1 Å². The first-order valence-corrected chi connectivity index (χ1v) is 11.9. The predicted octanol–water partition coefficient (Wildman–Crippen LogP) is 2.05. The zero-order valence-electron chi connectivity index (χ0n) is 18.3. The molecule has 3 rings (SSSR count).